The number of nitrogens with zero attached hydrogens (tertiary/aromatic N) is 2. The van der Waals surface area contributed by atoms with Gasteiger partial charge < -0.3 is 10.2 Å². The molecule has 1 fully saturated rings. The highest BCUT2D eigenvalue weighted by Crippen LogP contribution is 2.24. The average molecular weight is 396 g/mol. The number of carbonyl (C=O) groups is 1. The van der Waals surface area contributed by atoms with Crippen LogP contribution in [0.2, 0.25) is 0 Å². The summed E-state index contributed by atoms with van der Waals surface area (Å²) in [5.41, 5.74) is 2.47. The fraction of sp³-hybridized carbons (Fsp3) is 0.650. The molecule has 1 aliphatic rings. The second kappa shape index (κ2) is 9.06. The van der Waals surface area contributed by atoms with E-state index in [0.29, 0.717) is 18.2 Å². The fourth-order valence-corrected chi connectivity index (χ4v) is 4.94. The molecule has 2 rings (SSSR count). The molecule has 1 aromatic rings. The summed E-state index contributed by atoms with van der Waals surface area (Å²) in [7, 11) is -1.45. The number of benzene rings is 1. The average Bonchev–Trinajstić information content (AvgIpc) is 2.54. The van der Waals surface area contributed by atoms with E-state index >= 15 is 0 Å². The fourth-order valence-electron chi connectivity index (χ4n) is 3.78. The van der Waals surface area contributed by atoms with Crippen molar-refractivity contribution in [2.24, 2.45) is 5.92 Å². The topological polar surface area (TPSA) is 69.7 Å². The van der Waals surface area contributed by atoms with Gasteiger partial charge >= 0.3 is 0 Å². The van der Waals surface area contributed by atoms with Crippen molar-refractivity contribution in [1.29, 1.82) is 0 Å². The predicted molar refractivity (Wildman–Crippen MR) is 111 cm³/mol. The molecule has 1 atom stereocenters. The lowest BCUT2D eigenvalue weighted by atomic mass is 9.94. The monoisotopic (exact) mass is 395 g/mol. The van der Waals surface area contributed by atoms with E-state index in [-0.39, 0.29) is 5.91 Å². The maximum atomic E-state index is 12.6. The van der Waals surface area contributed by atoms with Crippen LogP contribution in [-0.2, 0) is 14.8 Å². The van der Waals surface area contributed by atoms with Crippen LogP contribution in [0, 0.1) is 19.8 Å². The van der Waals surface area contributed by atoms with Gasteiger partial charge in [-0.15, -0.1) is 0 Å². The Morgan fingerprint density at radius 3 is 2.30 bits per heavy atom. The van der Waals surface area contributed by atoms with Gasteiger partial charge in [0, 0.05) is 6.54 Å². The maximum absolute atomic E-state index is 12.6. The molecule has 7 heteroatoms. The van der Waals surface area contributed by atoms with E-state index in [4.69, 9.17) is 0 Å². The third kappa shape index (κ3) is 6.21. The maximum Gasteiger partial charge on any atom is 0.243 e. The highest BCUT2D eigenvalue weighted by molar-refractivity contribution is 7.92. The van der Waals surface area contributed by atoms with Crippen molar-refractivity contribution >= 4 is 21.6 Å². The number of hydrogen-bond acceptors (Lipinski definition) is 4. The lowest BCUT2D eigenvalue weighted by molar-refractivity contribution is -0.121. The van der Waals surface area contributed by atoms with Crippen LogP contribution in [0.5, 0.6) is 0 Å². The van der Waals surface area contributed by atoms with Crippen LogP contribution in [0.3, 0.4) is 0 Å². The molecule has 0 spiro atoms. The number of hydrogen-bond donors (Lipinski definition) is 1. The van der Waals surface area contributed by atoms with Crippen LogP contribution in [-0.4, -0.2) is 58.2 Å². The predicted octanol–water partition coefficient (Wildman–Crippen LogP) is 2.31. The number of amides is 1. The van der Waals surface area contributed by atoms with Crippen LogP contribution >= 0.6 is 0 Å². The zero-order valence-corrected chi connectivity index (χ0v) is 18.0. The van der Waals surface area contributed by atoms with Crippen molar-refractivity contribution in [1.82, 2.24) is 10.2 Å². The van der Waals surface area contributed by atoms with E-state index < -0.39 is 16.1 Å². The number of sulfonamides is 1. The molecular weight excluding hydrogens is 362 g/mol. The lowest BCUT2D eigenvalue weighted by Gasteiger charge is -2.30. The number of likely N-dealkylation sites (tertiary alicyclic amines) is 1. The molecule has 0 radical (unpaired) electrons. The van der Waals surface area contributed by atoms with Crippen molar-refractivity contribution < 1.29 is 13.2 Å². The van der Waals surface area contributed by atoms with Crippen LogP contribution in [0.4, 0.5) is 5.69 Å². The first-order chi connectivity index (χ1) is 12.6. The third-order valence-corrected chi connectivity index (χ3v) is 6.48. The molecule has 6 nitrogen and oxygen atoms in total. The van der Waals surface area contributed by atoms with Crippen LogP contribution in [0.25, 0.3) is 0 Å². The van der Waals surface area contributed by atoms with Gasteiger partial charge in [0.1, 0.15) is 6.04 Å². The molecule has 1 heterocycles. The Kier molecular flexibility index (Phi) is 7.28. The van der Waals surface area contributed by atoms with Crippen molar-refractivity contribution in [3.05, 3.63) is 29.3 Å². The zero-order chi connectivity index (χ0) is 20.2. The Morgan fingerprint density at radius 2 is 1.78 bits per heavy atom. The Hall–Kier alpha value is -1.60. The van der Waals surface area contributed by atoms with Crippen molar-refractivity contribution in [2.45, 2.75) is 46.1 Å². The Labute approximate surface area is 164 Å². The Balaban J connectivity index is 2.02. The standard InChI is InChI=1S/C20H33N3O3S/c1-15-12-16(2)14-19(13-15)23(27(5,25)26)17(3)20(24)21-9-6-18-7-10-22(4)11-8-18/h12-14,17-18H,6-11H2,1-5H3,(H,21,24)/t17-/m1/s1. The second-order valence-corrected chi connectivity index (χ2v) is 9.77. The molecule has 0 bridgehead atoms. The molecule has 27 heavy (non-hydrogen) atoms. The number of carbonyl (C=O) groups excluding carboxylic acids is 1. The highest BCUT2D eigenvalue weighted by atomic mass is 32.2. The molecule has 1 aliphatic heterocycles. The van der Waals surface area contributed by atoms with Crippen LogP contribution in [0.1, 0.15) is 37.3 Å². The number of nitrogens with one attached hydrogen (secondary N) is 1. The van der Waals surface area contributed by atoms with Gasteiger partial charge in [0.25, 0.3) is 0 Å². The minimum absolute atomic E-state index is 0.257. The minimum Gasteiger partial charge on any atom is -0.354 e. The lowest BCUT2D eigenvalue weighted by Crippen LogP contribution is -2.48. The summed E-state index contributed by atoms with van der Waals surface area (Å²) in [6, 6.07) is 4.79. The van der Waals surface area contributed by atoms with Gasteiger partial charge in [0.05, 0.1) is 11.9 Å². The molecule has 152 valence electrons. The molecule has 0 unspecified atom stereocenters. The SMILES string of the molecule is Cc1cc(C)cc(N([C@H](C)C(=O)NCCC2CCN(C)CC2)S(C)(=O)=O)c1. The van der Waals surface area contributed by atoms with Crippen LogP contribution < -0.4 is 9.62 Å². The first kappa shape index (κ1) is 21.7. The largest absolute Gasteiger partial charge is 0.354 e. The first-order valence-corrected chi connectivity index (χ1v) is 11.5. The summed E-state index contributed by atoms with van der Waals surface area (Å²) in [5.74, 6) is 0.370. The summed E-state index contributed by atoms with van der Waals surface area (Å²) in [6.07, 6.45) is 4.39. The van der Waals surface area contributed by atoms with Gasteiger partial charge in [0.2, 0.25) is 15.9 Å². The summed E-state index contributed by atoms with van der Waals surface area (Å²) in [5, 5.41) is 2.93. The Bertz CT molecular complexity index is 735. The van der Waals surface area contributed by atoms with Gasteiger partial charge in [-0.05, 0) is 89.3 Å². The molecule has 0 aromatic heterocycles. The van der Waals surface area contributed by atoms with E-state index in [0.717, 1.165) is 49.7 Å². The van der Waals surface area contributed by atoms with E-state index in [1.54, 1.807) is 19.1 Å². The second-order valence-electron chi connectivity index (χ2n) is 7.91. The molecule has 1 saturated heterocycles. The molecule has 1 aromatic carbocycles. The smallest absolute Gasteiger partial charge is 0.243 e. The summed E-state index contributed by atoms with van der Waals surface area (Å²) >= 11 is 0. The van der Waals surface area contributed by atoms with E-state index in [9.17, 15) is 13.2 Å². The van der Waals surface area contributed by atoms with Gasteiger partial charge in [-0.3, -0.25) is 9.10 Å². The number of aryl methyl sites for hydroxylation is 2. The number of rotatable bonds is 7. The molecular formula is C20H33N3O3S. The van der Waals surface area contributed by atoms with Gasteiger partial charge in [-0.25, -0.2) is 8.42 Å². The number of anilines is 1. The molecule has 0 aliphatic carbocycles. The zero-order valence-electron chi connectivity index (χ0n) is 17.2. The van der Waals surface area contributed by atoms with Gasteiger partial charge in [-0.2, -0.15) is 0 Å². The van der Waals surface area contributed by atoms with E-state index in [2.05, 4.69) is 17.3 Å². The van der Waals surface area contributed by atoms with Crippen molar-refractivity contribution in [3.8, 4) is 0 Å². The Morgan fingerprint density at radius 1 is 1.22 bits per heavy atom. The normalized spacial score (nSPS) is 17.5. The van der Waals surface area contributed by atoms with Gasteiger partial charge in [0.15, 0.2) is 0 Å². The quantitative estimate of drug-likeness (QED) is 0.769. The molecule has 0 saturated carbocycles. The molecule has 1 N–H and O–H groups in total. The van der Waals surface area contributed by atoms with E-state index in [1.807, 2.05) is 19.9 Å². The first-order valence-electron chi connectivity index (χ1n) is 9.62. The number of piperidine rings is 1. The van der Waals surface area contributed by atoms with Crippen LogP contribution in [0.15, 0.2) is 18.2 Å². The summed E-state index contributed by atoms with van der Waals surface area (Å²) < 4.78 is 26.0. The van der Waals surface area contributed by atoms with Crippen molar-refractivity contribution in [3.63, 3.8) is 0 Å². The molecule has 1 amide bonds. The highest BCUT2D eigenvalue weighted by Gasteiger charge is 2.29. The van der Waals surface area contributed by atoms with Gasteiger partial charge in [-0.1, -0.05) is 6.07 Å². The third-order valence-electron chi connectivity index (χ3n) is 5.24. The van der Waals surface area contributed by atoms with Crippen molar-refractivity contribution in [2.75, 3.05) is 37.2 Å². The minimum atomic E-state index is -3.58. The van der Waals surface area contributed by atoms with E-state index in [1.165, 1.54) is 4.31 Å². The summed E-state index contributed by atoms with van der Waals surface area (Å²) in [6.45, 7) is 8.27. The summed E-state index contributed by atoms with van der Waals surface area (Å²) in [4.78, 5) is 15.0.